The molecule has 0 spiro atoms. The lowest BCUT2D eigenvalue weighted by molar-refractivity contribution is -0.116. The van der Waals surface area contributed by atoms with Gasteiger partial charge >= 0.3 is 5.69 Å². The number of hydrogen-bond acceptors (Lipinski definition) is 6. The predicted octanol–water partition coefficient (Wildman–Crippen LogP) is 0.795. The highest BCUT2D eigenvalue weighted by molar-refractivity contribution is 5.91. The van der Waals surface area contributed by atoms with E-state index in [-0.39, 0.29) is 23.8 Å². The third-order valence-electron chi connectivity index (χ3n) is 6.09. The molecule has 1 aliphatic rings. The minimum Gasteiger partial charge on any atom is -0.341 e. The van der Waals surface area contributed by atoms with E-state index in [1.165, 1.54) is 4.57 Å². The van der Waals surface area contributed by atoms with Crippen molar-refractivity contribution in [2.75, 3.05) is 23.3 Å². The summed E-state index contributed by atoms with van der Waals surface area (Å²) in [4.78, 5) is 46.0. The van der Waals surface area contributed by atoms with Crippen molar-refractivity contribution < 1.29 is 4.79 Å². The molecule has 178 valence electrons. The van der Waals surface area contributed by atoms with Gasteiger partial charge in [0.1, 0.15) is 6.54 Å². The average Bonchev–Trinajstić information content (AvgIpc) is 3.20. The fourth-order valence-corrected chi connectivity index (χ4v) is 4.29. The molecule has 3 N–H and O–H groups in total. The molecular formula is C24H29N7O3. The van der Waals surface area contributed by atoms with Gasteiger partial charge in [-0.15, -0.1) is 5.92 Å². The van der Waals surface area contributed by atoms with Crippen LogP contribution in [0, 0.1) is 18.8 Å². The number of nitrogens with one attached hydrogen (secondary N) is 1. The maximum absolute atomic E-state index is 13.5. The number of fused-ring (bicyclic) bond motifs is 1. The number of carbonyl (C=O) groups is 1. The Kier molecular flexibility index (Phi) is 6.56. The van der Waals surface area contributed by atoms with Crippen LogP contribution in [0.3, 0.4) is 0 Å². The Morgan fingerprint density at radius 3 is 2.74 bits per heavy atom. The van der Waals surface area contributed by atoms with Crippen LogP contribution in [-0.4, -0.2) is 43.7 Å². The van der Waals surface area contributed by atoms with Crippen molar-refractivity contribution in [2.24, 2.45) is 12.8 Å². The molecule has 1 fully saturated rings. The Bertz CT molecular complexity index is 1420. The van der Waals surface area contributed by atoms with Crippen LogP contribution in [0.25, 0.3) is 11.2 Å². The fourth-order valence-electron chi connectivity index (χ4n) is 4.29. The number of amides is 1. The summed E-state index contributed by atoms with van der Waals surface area (Å²) in [5.41, 5.74) is 7.00. The SMILES string of the molecule is CC#CCn1c(N2CCCC(N)C2)nc2c1c(=O)n(CC(=O)Nc1ccccc1C)c(=O)n2C. The molecule has 0 bridgehead atoms. The maximum atomic E-state index is 13.5. The number of rotatable bonds is 5. The molecule has 1 unspecified atom stereocenters. The zero-order valence-corrected chi connectivity index (χ0v) is 19.7. The summed E-state index contributed by atoms with van der Waals surface area (Å²) >= 11 is 0. The molecule has 1 atom stereocenters. The zero-order valence-electron chi connectivity index (χ0n) is 19.7. The van der Waals surface area contributed by atoms with Gasteiger partial charge in [-0.05, 0) is 38.3 Å². The Hall–Kier alpha value is -3.84. The van der Waals surface area contributed by atoms with E-state index in [0.717, 1.165) is 29.5 Å². The number of aryl methyl sites for hydroxylation is 2. The zero-order chi connectivity index (χ0) is 24.4. The highest BCUT2D eigenvalue weighted by Gasteiger charge is 2.26. The minimum absolute atomic E-state index is 0.00453. The molecule has 10 heteroatoms. The molecule has 34 heavy (non-hydrogen) atoms. The molecule has 1 amide bonds. The van der Waals surface area contributed by atoms with Crippen molar-refractivity contribution in [2.45, 2.75) is 45.8 Å². The number of carbonyl (C=O) groups excluding carboxylic acids is 1. The van der Waals surface area contributed by atoms with Gasteiger partial charge in [-0.3, -0.25) is 18.7 Å². The quantitative estimate of drug-likeness (QED) is 0.540. The highest BCUT2D eigenvalue weighted by atomic mass is 16.2. The van der Waals surface area contributed by atoms with Gasteiger partial charge in [0.05, 0.1) is 6.54 Å². The van der Waals surface area contributed by atoms with Crippen LogP contribution in [-0.2, 0) is 24.9 Å². The van der Waals surface area contributed by atoms with Crippen molar-refractivity contribution in [1.82, 2.24) is 18.7 Å². The van der Waals surface area contributed by atoms with Crippen LogP contribution in [0.5, 0.6) is 0 Å². The summed E-state index contributed by atoms with van der Waals surface area (Å²) in [6.45, 7) is 4.76. The maximum Gasteiger partial charge on any atom is 0.332 e. The predicted molar refractivity (Wildman–Crippen MR) is 132 cm³/mol. The van der Waals surface area contributed by atoms with Gasteiger partial charge in [0.15, 0.2) is 11.2 Å². The van der Waals surface area contributed by atoms with Gasteiger partial charge in [-0.2, -0.15) is 4.98 Å². The lowest BCUT2D eigenvalue weighted by Gasteiger charge is -2.31. The molecule has 10 nitrogen and oxygen atoms in total. The first-order chi connectivity index (χ1) is 16.3. The van der Waals surface area contributed by atoms with Crippen LogP contribution in [0.4, 0.5) is 11.6 Å². The number of nitrogens with two attached hydrogens (primary N) is 1. The molecule has 1 aromatic carbocycles. The molecule has 1 saturated heterocycles. The summed E-state index contributed by atoms with van der Waals surface area (Å²) < 4.78 is 3.97. The van der Waals surface area contributed by atoms with Gasteiger partial charge in [0, 0.05) is 31.9 Å². The number of imidazole rings is 1. The summed E-state index contributed by atoms with van der Waals surface area (Å²) in [6.07, 6.45) is 1.83. The van der Waals surface area contributed by atoms with Gasteiger partial charge in [0.25, 0.3) is 5.56 Å². The second-order valence-electron chi connectivity index (χ2n) is 8.54. The average molecular weight is 464 g/mol. The van der Waals surface area contributed by atoms with Crippen molar-refractivity contribution in [1.29, 1.82) is 0 Å². The van der Waals surface area contributed by atoms with E-state index in [9.17, 15) is 14.4 Å². The molecule has 2 aromatic heterocycles. The Balaban J connectivity index is 1.80. The summed E-state index contributed by atoms with van der Waals surface area (Å²) in [7, 11) is 1.55. The standard InChI is InChI=1S/C24H29N7O3/c1-4-5-13-30-20-21(27-23(30)29-12-8-10-17(25)14-29)28(3)24(34)31(22(20)33)15-19(32)26-18-11-7-6-9-16(18)2/h6-7,9,11,17H,8,10,12-15,25H2,1-3H3,(H,26,32). The normalized spacial score (nSPS) is 15.8. The van der Waals surface area contributed by atoms with Crippen molar-refractivity contribution in [3.05, 3.63) is 50.7 Å². The first-order valence-corrected chi connectivity index (χ1v) is 11.3. The first kappa shape index (κ1) is 23.3. The number of benzene rings is 1. The first-order valence-electron chi connectivity index (χ1n) is 11.3. The number of aromatic nitrogens is 4. The van der Waals surface area contributed by atoms with Crippen LogP contribution in [0.1, 0.15) is 25.3 Å². The topological polar surface area (TPSA) is 120 Å². The monoisotopic (exact) mass is 463 g/mol. The number of piperidine rings is 1. The van der Waals surface area contributed by atoms with Crippen LogP contribution < -0.4 is 27.2 Å². The van der Waals surface area contributed by atoms with Gasteiger partial charge in [-0.25, -0.2) is 9.36 Å². The van der Waals surface area contributed by atoms with Gasteiger partial charge < -0.3 is 16.0 Å². The van der Waals surface area contributed by atoms with E-state index in [2.05, 4.69) is 22.1 Å². The Morgan fingerprint density at radius 1 is 1.26 bits per heavy atom. The lowest BCUT2D eigenvalue weighted by atomic mass is 10.1. The molecule has 3 heterocycles. The van der Waals surface area contributed by atoms with Crippen LogP contribution >= 0.6 is 0 Å². The van der Waals surface area contributed by atoms with Crippen molar-refractivity contribution >= 4 is 28.7 Å². The molecule has 0 saturated carbocycles. The fraction of sp³-hybridized carbons (Fsp3) is 0.417. The van der Waals surface area contributed by atoms with E-state index in [1.807, 2.05) is 24.0 Å². The molecule has 0 aliphatic carbocycles. The second kappa shape index (κ2) is 9.57. The Morgan fingerprint density at radius 2 is 2.03 bits per heavy atom. The van der Waals surface area contributed by atoms with E-state index in [0.29, 0.717) is 18.2 Å². The number of hydrogen-bond donors (Lipinski definition) is 2. The smallest absolute Gasteiger partial charge is 0.332 e. The van der Waals surface area contributed by atoms with Gasteiger partial charge in [-0.1, -0.05) is 24.1 Å². The Labute approximate surface area is 197 Å². The van der Waals surface area contributed by atoms with Gasteiger partial charge in [0.2, 0.25) is 11.9 Å². The summed E-state index contributed by atoms with van der Waals surface area (Å²) in [6, 6.07) is 7.32. The summed E-state index contributed by atoms with van der Waals surface area (Å²) in [5.74, 6) is 5.94. The van der Waals surface area contributed by atoms with Crippen LogP contribution in [0.2, 0.25) is 0 Å². The molecule has 1 aliphatic heterocycles. The van der Waals surface area contributed by atoms with E-state index in [4.69, 9.17) is 5.73 Å². The largest absolute Gasteiger partial charge is 0.341 e. The molecule has 4 rings (SSSR count). The number of para-hydroxylation sites is 1. The van der Waals surface area contributed by atoms with Crippen molar-refractivity contribution in [3.63, 3.8) is 0 Å². The van der Waals surface area contributed by atoms with E-state index >= 15 is 0 Å². The second-order valence-corrected chi connectivity index (χ2v) is 8.54. The third kappa shape index (κ3) is 4.34. The number of anilines is 2. The third-order valence-corrected chi connectivity index (χ3v) is 6.09. The molecule has 3 aromatic rings. The van der Waals surface area contributed by atoms with Crippen LogP contribution in [0.15, 0.2) is 33.9 Å². The lowest BCUT2D eigenvalue weighted by Crippen LogP contribution is -2.44. The van der Waals surface area contributed by atoms with Crippen molar-refractivity contribution in [3.8, 4) is 11.8 Å². The number of nitrogens with zero attached hydrogens (tertiary/aromatic N) is 5. The summed E-state index contributed by atoms with van der Waals surface area (Å²) in [5, 5.41) is 2.78. The minimum atomic E-state index is -0.606. The van der Waals surface area contributed by atoms with E-state index < -0.39 is 23.7 Å². The highest BCUT2D eigenvalue weighted by Crippen LogP contribution is 2.22. The van der Waals surface area contributed by atoms with E-state index in [1.54, 1.807) is 30.7 Å². The molecular weight excluding hydrogens is 434 g/mol. The molecule has 0 radical (unpaired) electrons.